The molecule has 0 unspecified atom stereocenters. The standard InChI is InChI=1S/C16H17FN2O2/c1-10-5-3-4-6-14(10)19-16(20)9-21-15-7-11(2)13(18)8-12(15)17/h3-8H,9,18H2,1-2H3,(H,19,20). The maximum absolute atomic E-state index is 13.6. The molecule has 2 aromatic carbocycles. The average molecular weight is 288 g/mol. The van der Waals surface area contributed by atoms with E-state index in [0.717, 1.165) is 5.56 Å². The van der Waals surface area contributed by atoms with Gasteiger partial charge in [-0.2, -0.15) is 0 Å². The number of benzene rings is 2. The smallest absolute Gasteiger partial charge is 0.262 e. The molecule has 0 saturated carbocycles. The molecule has 3 N–H and O–H groups in total. The van der Waals surface area contributed by atoms with Gasteiger partial charge >= 0.3 is 0 Å². The van der Waals surface area contributed by atoms with Crippen molar-refractivity contribution in [2.75, 3.05) is 17.7 Å². The lowest BCUT2D eigenvalue weighted by atomic mass is 10.2. The normalized spacial score (nSPS) is 10.2. The van der Waals surface area contributed by atoms with E-state index in [4.69, 9.17) is 10.5 Å². The highest BCUT2D eigenvalue weighted by Gasteiger charge is 2.10. The van der Waals surface area contributed by atoms with Crippen LogP contribution in [0.1, 0.15) is 11.1 Å². The number of halogens is 1. The third kappa shape index (κ3) is 3.72. The van der Waals surface area contributed by atoms with Gasteiger partial charge in [-0.25, -0.2) is 4.39 Å². The van der Waals surface area contributed by atoms with Gasteiger partial charge in [0, 0.05) is 17.4 Å². The maximum atomic E-state index is 13.6. The summed E-state index contributed by atoms with van der Waals surface area (Å²) in [6, 6.07) is 10.1. The number of nitrogens with two attached hydrogens (primary N) is 1. The first kappa shape index (κ1) is 14.8. The molecule has 2 rings (SSSR count). The average Bonchev–Trinajstić information content (AvgIpc) is 2.44. The van der Waals surface area contributed by atoms with Crippen molar-refractivity contribution in [2.45, 2.75) is 13.8 Å². The van der Waals surface area contributed by atoms with Crippen LogP contribution < -0.4 is 15.8 Å². The van der Waals surface area contributed by atoms with E-state index in [1.807, 2.05) is 25.1 Å². The fourth-order valence-corrected chi connectivity index (χ4v) is 1.82. The highest BCUT2D eigenvalue weighted by molar-refractivity contribution is 5.92. The molecule has 21 heavy (non-hydrogen) atoms. The zero-order valence-corrected chi connectivity index (χ0v) is 11.9. The molecule has 0 spiro atoms. The summed E-state index contributed by atoms with van der Waals surface area (Å²) in [4.78, 5) is 11.8. The summed E-state index contributed by atoms with van der Waals surface area (Å²) in [5, 5.41) is 2.71. The summed E-state index contributed by atoms with van der Waals surface area (Å²) < 4.78 is 18.8. The van der Waals surface area contributed by atoms with Gasteiger partial charge in [0.25, 0.3) is 5.91 Å². The molecule has 0 aromatic heterocycles. The number of nitrogen functional groups attached to an aromatic ring is 1. The Hall–Kier alpha value is -2.56. The van der Waals surface area contributed by atoms with E-state index < -0.39 is 5.82 Å². The lowest BCUT2D eigenvalue weighted by Gasteiger charge is -2.11. The van der Waals surface area contributed by atoms with Crippen LogP contribution in [0, 0.1) is 19.7 Å². The third-order valence-corrected chi connectivity index (χ3v) is 3.10. The molecule has 4 nitrogen and oxygen atoms in total. The van der Waals surface area contributed by atoms with Crippen molar-refractivity contribution in [3.8, 4) is 5.75 Å². The van der Waals surface area contributed by atoms with Gasteiger partial charge in [-0.1, -0.05) is 18.2 Å². The fourth-order valence-electron chi connectivity index (χ4n) is 1.82. The van der Waals surface area contributed by atoms with Crippen LogP contribution in [0.15, 0.2) is 36.4 Å². The summed E-state index contributed by atoms with van der Waals surface area (Å²) in [5.74, 6) is -0.915. The molecule has 110 valence electrons. The first-order valence-electron chi connectivity index (χ1n) is 6.51. The minimum Gasteiger partial charge on any atom is -0.481 e. The maximum Gasteiger partial charge on any atom is 0.262 e. The lowest BCUT2D eigenvalue weighted by Crippen LogP contribution is -2.21. The predicted octanol–water partition coefficient (Wildman–Crippen LogP) is 3.04. The molecule has 0 aliphatic heterocycles. The van der Waals surface area contributed by atoms with E-state index in [9.17, 15) is 9.18 Å². The number of hydrogen-bond acceptors (Lipinski definition) is 3. The summed E-state index contributed by atoms with van der Waals surface area (Å²) in [6.07, 6.45) is 0. The van der Waals surface area contributed by atoms with Crippen LogP contribution in [0.25, 0.3) is 0 Å². The van der Waals surface area contributed by atoms with E-state index in [1.165, 1.54) is 12.1 Å². The topological polar surface area (TPSA) is 64.3 Å². The number of carbonyl (C=O) groups excluding carboxylic acids is 1. The third-order valence-electron chi connectivity index (χ3n) is 3.10. The van der Waals surface area contributed by atoms with Crippen molar-refractivity contribution >= 4 is 17.3 Å². The van der Waals surface area contributed by atoms with Crippen molar-refractivity contribution in [3.63, 3.8) is 0 Å². The zero-order valence-electron chi connectivity index (χ0n) is 11.9. The minimum atomic E-state index is -0.582. The van der Waals surface area contributed by atoms with E-state index in [2.05, 4.69) is 5.32 Å². The summed E-state index contributed by atoms with van der Waals surface area (Å²) >= 11 is 0. The largest absolute Gasteiger partial charge is 0.481 e. The summed E-state index contributed by atoms with van der Waals surface area (Å²) in [6.45, 7) is 3.36. The van der Waals surface area contributed by atoms with Crippen LogP contribution in [-0.4, -0.2) is 12.5 Å². The molecule has 1 amide bonds. The van der Waals surface area contributed by atoms with E-state index in [1.54, 1.807) is 13.0 Å². The van der Waals surface area contributed by atoms with Gasteiger partial charge in [-0.05, 0) is 37.1 Å². The number of aryl methyl sites for hydroxylation is 2. The van der Waals surface area contributed by atoms with Crippen LogP contribution in [0.2, 0.25) is 0 Å². The number of hydrogen-bond donors (Lipinski definition) is 2. The lowest BCUT2D eigenvalue weighted by molar-refractivity contribution is -0.118. The molecule has 0 heterocycles. The number of anilines is 2. The number of amides is 1. The highest BCUT2D eigenvalue weighted by Crippen LogP contribution is 2.23. The highest BCUT2D eigenvalue weighted by atomic mass is 19.1. The number of ether oxygens (including phenoxy) is 1. The number of carbonyl (C=O) groups is 1. The second-order valence-corrected chi connectivity index (χ2v) is 4.79. The van der Waals surface area contributed by atoms with E-state index in [0.29, 0.717) is 16.9 Å². The monoisotopic (exact) mass is 288 g/mol. The Bertz CT molecular complexity index is 671. The molecule has 0 saturated heterocycles. The van der Waals surface area contributed by atoms with Gasteiger partial charge < -0.3 is 15.8 Å². The Kier molecular flexibility index (Phi) is 4.42. The Labute approximate surface area is 122 Å². The molecule has 0 radical (unpaired) electrons. The Morgan fingerprint density at radius 3 is 2.67 bits per heavy atom. The van der Waals surface area contributed by atoms with E-state index >= 15 is 0 Å². The minimum absolute atomic E-state index is 0.0154. The first-order chi connectivity index (χ1) is 9.97. The molecule has 0 aliphatic rings. The number of para-hydroxylation sites is 1. The Morgan fingerprint density at radius 2 is 1.95 bits per heavy atom. The molecule has 0 aliphatic carbocycles. The van der Waals surface area contributed by atoms with Crippen molar-refractivity contribution in [1.29, 1.82) is 0 Å². The predicted molar refractivity (Wildman–Crippen MR) is 80.9 cm³/mol. The molecular formula is C16H17FN2O2. The Morgan fingerprint density at radius 1 is 1.24 bits per heavy atom. The SMILES string of the molecule is Cc1cc(OCC(=O)Nc2ccccc2C)c(F)cc1N. The van der Waals surface area contributed by atoms with E-state index in [-0.39, 0.29) is 18.3 Å². The van der Waals surface area contributed by atoms with Crippen molar-refractivity contribution < 1.29 is 13.9 Å². The van der Waals surface area contributed by atoms with Crippen LogP contribution in [0.5, 0.6) is 5.75 Å². The van der Waals surface area contributed by atoms with Crippen molar-refractivity contribution in [3.05, 3.63) is 53.3 Å². The van der Waals surface area contributed by atoms with Gasteiger partial charge in [-0.15, -0.1) is 0 Å². The number of rotatable bonds is 4. The molecule has 5 heteroatoms. The first-order valence-corrected chi connectivity index (χ1v) is 6.51. The second-order valence-electron chi connectivity index (χ2n) is 4.79. The molecule has 2 aromatic rings. The van der Waals surface area contributed by atoms with Gasteiger partial charge in [-0.3, -0.25) is 4.79 Å². The van der Waals surface area contributed by atoms with Crippen LogP contribution in [0.4, 0.5) is 15.8 Å². The molecule has 0 bridgehead atoms. The van der Waals surface area contributed by atoms with Gasteiger partial charge in [0.1, 0.15) is 0 Å². The van der Waals surface area contributed by atoms with Crippen LogP contribution in [-0.2, 0) is 4.79 Å². The molecular weight excluding hydrogens is 271 g/mol. The van der Waals surface area contributed by atoms with Crippen molar-refractivity contribution in [2.24, 2.45) is 0 Å². The summed E-state index contributed by atoms with van der Waals surface area (Å²) in [7, 11) is 0. The number of nitrogens with one attached hydrogen (secondary N) is 1. The Balaban J connectivity index is 1.99. The molecule has 0 atom stereocenters. The quantitative estimate of drug-likeness (QED) is 0.850. The van der Waals surface area contributed by atoms with Crippen molar-refractivity contribution in [1.82, 2.24) is 0 Å². The molecule has 0 fully saturated rings. The van der Waals surface area contributed by atoms with Gasteiger partial charge in [0.15, 0.2) is 18.2 Å². The fraction of sp³-hybridized carbons (Fsp3) is 0.188. The van der Waals surface area contributed by atoms with Crippen LogP contribution in [0.3, 0.4) is 0 Å². The van der Waals surface area contributed by atoms with Gasteiger partial charge in [0.05, 0.1) is 0 Å². The summed E-state index contributed by atoms with van der Waals surface area (Å²) in [5.41, 5.74) is 8.29. The zero-order chi connectivity index (χ0) is 15.4. The van der Waals surface area contributed by atoms with Gasteiger partial charge in [0.2, 0.25) is 0 Å². The second kappa shape index (κ2) is 6.26. The van der Waals surface area contributed by atoms with Crippen LogP contribution >= 0.6 is 0 Å².